The number of hydrogen-bond acceptors (Lipinski definition) is 5. The van der Waals surface area contributed by atoms with Crippen LogP contribution in [0.25, 0.3) is 0 Å². The molecule has 134 valence electrons. The summed E-state index contributed by atoms with van der Waals surface area (Å²) in [6.07, 6.45) is 5.64. The summed E-state index contributed by atoms with van der Waals surface area (Å²) in [5.41, 5.74) is 1.18. The van der Waals surface area contributed by atoms with Crippen LogP contribution in [-0.2, 0) is 11.3 Å². The summed E-state index contributed by atoms with van der Waals surface area (Å²) in [7, 11) is 0. The molecule has 1 amide bonds. The average molecular weight is 368 g/mol. The van der Waals surface area contributed by atoms with Crippen molar-refractivity contribution < 1.29 is 9.21 Å². The van der Waals surface area contributed by atoms with Crippen LogP contribution >= 0.6 is 11.8 Å². The van der Waals surface area contributed by atoms with Crippen LogP contribution in [0.2, 0.25) is 0 Å². The third-order valence-corrected chi connectivity index (χ3v) is 5.37. The SMILES string of the molecule is O=C(CSc1nncn1Cc1ccco1)NC(c1ccccc1)C1CC1. The molecule has 26 heavy (non-hydrogen) atoms. The van der Waals surface area contributed by atoms with Gasteiger partial charge in [0.05, 0.1) is 24.6 Å². The van der Waals surface area contributed by atoms with Gasteiger partial charge in [0.25, 0.3) is 0 Å². The van der Waals surface area contributed by atoms with E-state index >= 15 is 0 Å². The zero-order valence-corrected chi connectivity index (χ0v) is 15.1. The minimum atomic E-state index is 0.0169. The van der Waals surface area contributed by atoms with Gasteiger partial charge in [0.2, 0.25) is 5.91 Å². The number of amides is 1. The van der Waals surface area contributed by atoms with Gasteiger partial charge in [-0.2, -0.15) is 0 Å². The molecule has 2 heterocycles. The maximum absolute atomic E-state index is 12.5. The fourth-order valence-corrected chi connectivity index (χ4v) is 3.67. The molecule has 1 aliphatic carbocycles. The normalized spacial score (nSPS) is 14.9. The summed E-state index contributed by atoms with van der Waals surface area (Å²) in [5.74, 6) is 1.71. The number of aromatic nitrogens is 3. The zero-order chi connectivity index (χ0) is 17.8. The van der Waals surface area contributed by atoms with Crippen LogP contribution in [0.1, 0.15) is 30.2 Å². The number of hydrogen-bond donors (Lipinski definition) is 1. The van der Waals surface area contributed by atoms with Crippen LogP contribution < -0.4 is 5.32 Å². The first-order valence-corrected chi connectivity index (χ1v) is 9.65. The van der Waals surface area contributed by atoms with Crippen molar-refractivity contribution in [2.75, 3.05) is 5.75 Å². The Morgan fingerprint density at radius 1 is 1.27 bits per heavy atom. The summed E-state index contributed by atoms with van der Waals surface area (Å²) in [6.45, 7) is 0.554. The van der Waals surface area contributed by atoms with Gasteiger partial charge in [-0.15, -0.1) is 10.2 Å². The minimum Gasteiger partial charge on any atom is -0.467 e. The number of carbonyl (C=O) groups excluding carboxylic acids is 1. The number of thioether (sulfide) groups is 1. The van der Waals surface area contributed by atoms with E-state index in [1.165, 1.54) is 30.2 Å². The molecule has 0 radical (unpaired) electrons. The first-order valence-electron chi connectivity index (χ1n) is 8.67. The number of benzene rings is 1. The summed E-state index contributed by atoms with van der Waals surface area (Å²) in [4.78, 5) is 12.5. The van der Waals surface area contributed by atoms with Gasteiger partial charge >= 0.3 is 0 Å². The second-order valence-electron chi connectivity index (χ2n) is 6.40. The molecule has 1 atom stereocenters. The van der Waals surface area contributed by atoms with Crippen LogP contribution in [0.4, 0.5) is 0 Å². The lowest BCUT2D eigenvalue weighted by Gasteiger charge is -2.18. The Hall–Kier alpha value is -2.54. The molecule has 1 N–H and O–H groups in total. The third-order valence-electron chi connectivity index (χ3n) is 4.39. The van der Waals surface area contributed by atoms with Crippen molar-refractivity contribution in [1.29, 1.82) is 0 Å². The summed E-state index contributed by atoms with van der Waals surface area (Å²) in [6, 6.07) is 14.0. The van der Waals surface area contributed by atoms with E-state index in [0.29, 0.717) is 23.4 Å². The Labute approximate surface area is 156 Å². The predicted molar refractivity (Wildman–Crippen MR) is 98.6 cm³/mol. The quantitative estimate of drug-likeness (QED) is 0.618. The Balaban J connectivity index is 1.35. The van der Waals surface area contributed by atoms with Gasteiger partial charge in [-0.1, -0.05) is 42.1 Å². The fourth-order valence-electron chi connectivity index (χ4n) is 2.94. The standard InChI is InChI=1S/C19H20N4O2S/c24-17(21-18(15-8-9-15)14-5-2-1-3-6-14)12-26-19-22-20-13-23(19)11-16-7-4-10-25-16/h1-7,10,13,15,18H,8-9,11-12H2,(H,21,24). The van der Waals surface area contributed by atoms with Crippen LogP contribution in [0.15, 0.2) is 64.6 Å². The highest BCUT2D eigenvalue weighted by Crippen LogP contribution is 2.41. The summed E-state index contributed by atoms with van der Waals surface area (Å²) in [5, 5.41) is 11.9. The van der Waals surface area contributed by atoms with Gasteiger partial charge in [0.15, 0.2) is 5.16 Å². The molecule has 0 spiro atoms. The number of furan rings is 1. The van der Waals surface area contributed by atoms with E-state index in [2.05, 4.69) is 27.6 Å². The molecule has 3 aromatic rings. The minimum absolute atomic E-state index is 0.0169. The number of nitrogens with one attached hydrogen (secondary N) is 1. The molecule has 1 fully saturated rings. The van der Waals surface area contributed by atoms with Crippen molar-refractivity contribution in [3.8, 4) is 0 Å². The van der Waals surface area contributed by atoms with Crippen molar-refractivity contribution in [2.45, 2.75) is 30.6 Å². The van der Waals surface area contributed by atoms with Crippen LogP contribution in [0.5, 0.6) is 0 Å². The molecule has 0 saturated heterocycles. The Bertz CT molecular complexity index is 844. The Kier molecular flexibility index (Phi) is 5.06. The van der Waals surface area contributed by atoms with Gasteiger partial charge in [-0.05, 0) is 36.5 Å². The molecule has 1 aliphatic rings. The number of carbonyl (C=O) groups is 1. The molecular formula is C19H20N4O2S. The van der Waals surface area contributed by atoms with Crippen LogP contribution in [0.3, 0.4) is 0 Å². The highest BCUT2D eigenvalue weighted by molar-refractivity contribution is 7.99. The lowest BCUT2D eigenvalue weighted by atomic mass is 10.0. The lowest BCUT2D eigenvalue weighted by molar-refractivity contribution is -0.119. The molecule has 1 unspecified atom stereocenters. The molecule has 0 aliphatic heterocycles. The smallest absolute Gasteiger partial charge is 0.230 e. The molecule has 1 saturated carbocycles. The van der Waals surface area contributed by atoms with E-state index in [1.807, 2.05) is 34.9 Å². The summed E-state index contributed by atoms with van der Waals surface area (Å²) < 4.78 is 7.24. The second-order valence-corrected chi connectivity index (χ2v) is 7.35. The molecule has 2 aromatic heterocycles. The van der Waals surface area contributed by atoms with E-state index in [9.17, 15) is 4.79 Å². The Morgan fingerprint density at radius 3 is 2.85 bits per heavy atom. The van der Waals surface area contributed by atoms with Crippen molar-refractivity contribution in [3.63, 3.8) is 0 Å². The van der Waals surface area contributed by atoms with Gasteiger partial charge in [0.1, 0.15) is 12.1 Å². The highest BCUT2D eigenvalue weighted by atomic mass is 32.2. The lowest BCUT2D eigenvalue weighted by Crippen LogP contribution is -2.31. The van der Waals surface area contributed by atoms with Crippen molar-refractivity contribution in [1.82, 2.24) is 20.1 Å². The van der Waals surface area contributed by atoms with Gasteiger partial charge in [0, 0.05) is 0 Å². The average Bonchev–Trinajstić information content (AvgIpc) is 3.19. The first-order chi connectivity index (χ1) is 12.8. The maximum atomic E-state index is 12.5. The van der Waals surface area contributed by atoms with E-state index < -0.39 is 0 Å². The topological polar surface area (TPSA) is 73.0 Å². The maximum Gasteiger partial charge on any atom is 0.230 e. The monoisotopic (exact) mass is 368 g/mol. The first kappa shape index (κ1) is 16.9. The zero-order valence-electron chi connectivity index (χ0n) is 14.2. The highest BCUT2D eigenvalue weighted by Gasteiger charge is 2.33. The molecule has 4 rings (SSSR count). The van der Waals surface area contributed by atoms with Gasteiger partial charge < -0.3 is 14.3 Å². The largest absolute Gasteiger partial charge is 0.467 e. The van der Waals surface area contributed by atoms with Crippen molar-refractivity contribution in [2.24, 2.45) is 5.92 Å². The van der Waals surface area contributed by atoms with Crippen LogP contribution in [-0.4, -0.2) is 26.4 Å². The Morgan fingerprint density at radius 2 is 2.12 bits per heavy atom. The third kappa shape index (κ3) is 4.16. The van der Waals surface area contributed by atoms with Crippen molar-refractivity contribution in [3.05, 3.63) is 66.4 Å². The van der Waals surface area contributed by atoms with E-state index in [-0.39, 0.29) is 11.9 Å². The predicted octanol–water partition coefficient (Wildman–Crippen LogP) is 3.28. The van der Waals surface area contributed by atoms with E-state index in [4.69, 9.17) is 4.42 Å². The molecule has 1 aromatic carbocycles. The molecule has 7 heteroatoms. The number of rotatable bonds is 8. The molecule has 0 bridgehead atoms. The van der Waals surface area contributed by atoms with E-state index in [1.54, 1.807) is 12.6 Å². The van der Waals surface area contributed by atoms with Gasteiger partial charge in [-0.25, -0.2) is 0 Å². The van der Waals surface area contributed by atoms with Gasteiger partial charge in [-0.3, -0.25) is 4.79 Å². The van der Waals surface area contributed by atoms with Crippen molar-refractivity contribution >= 4 is 17.7 Å². The molecule has 6 nitrogen and oxygen atoms in total. The second kappa shape index (κ2) is 7.78. The van der Waals surface area contributed by atoms with Crippen LogP contribution in [0, 0.1) is 5.92 Å². The number of nitrogens with zero attached hydrogens (tertiary/aromatic N) is 3. The van der Waals surface area contributed by atoms with E-state index in [0.717, 1.165) is 5.76 Å². The summed E-state index contributed by atoms with van der Waals surface area (Å²) >= 11 is 1.39. The fraction of sp³-hybridized carbons (Fsp3) is 0.316. The molecular weight excluding hydrogens is 348 g/mol.